The van der Waals surface area contributed by atoms with Gasteiger partial charge in [-0.1, -0.05) is 12.1 Å². The van der Waals surface area contributed by atoms with E-state index in [4.69, 9.17) is 0 Å². The lowest BCUT2D eigenvalue weighted by molar-refractivity contribution is 0.498. The summed E-state index contributed by atoms with van der Waals surface area (Å²) in [4.78, 5) is 2.79. The predicted molar refractivity (Wildman–Crippen MR) is 89.7 cm³/mol. The average Bonchev–Trinajstić information content (AvgIpc) is 2.80. The second-order valence-electron chi connectivity index (χ2n) is 5.85. The fourth-order valence-corrected chi connectivity index (χ4v) is 3.57. The Labute approximate surface area is 127 Å². The second-order valence-corrected chi connectivity index (χ2v) is 7.17. The molecule has 0 aliphatic carbocycles. The van der Waals surface area contributed by atoms with Crippen molar-refractivity contribution >= 4 is 11.3 Å². The summed E-state index contributed by atoms with van der Waals surface area (Å²) in [6, 6.07) is 9.82. The highest BCUT2D eigenvalue weighted by Crippen LogP contribution is 2.27. The average molecular weight is 287 g/mol. The van der Waals surface area contributed by atoms with Crippen LogP contribution in [0.15, 0.2) is 24.3 Å². The molecule has 20 heavy (non-hydrogen) atoms. The molecule has 0 fully saturated rings. The molecule has 2 aromatic rings. The van der Waals surface area contributed by atoms with Gasteiger partial charge in [0.1, 0.15) is 0 Å². The number of nitrogens with one attached hydrogen (secondary N) is 1. The van der Waals surface area contributed by atoms with Crippen molar-refractivity contribution in [3.05, 3.63) is 56.3 Å². The first-order chi connectivity index (χ1) is 9.38. The van der Waals surface area contributed by atoms with Crippen molar-refractivity contribution in [2.45, 2.75) is 53.6 Å². The third kappa shape index (κ3) is 3.31. The summed E-state index contributed by atoms with van der Waals surface area (Å²) in [5.41, 5.74) is 5.54. The first kappa shape index (κ1) is 15.3. The third-order valence-electron chi connectivity index (χ3n) is 4.04. The van der Waals surface area contributed by atoms with E-state index in [1.165, 1.54) is 32.0 Å². The van der Waals surface area contributed by atoms with Gasteiger partial charge in [0.05, 0.1) is 0 Å². The smallest absolute Gasteiger partial charge is 0.0391 e. The van der Waals surface area contributed by atoms with Crippen LogP contribution in [0.4, 0.5) is 0 Å². The van der Waals surface area contributed by atoms with Crippen molar-refractivity contribution in [1.29, 1.82) is 0 Å². The SMILES string of the molecule is Cc1ccc(C(C)NC(C)c2cc(C)c(C)cc2C)s1. The Balaban J connectivity index is 2.16. The van der Waals surface area contributed by atoms with E-state index in [9.17, 15) is 0 Å². The Morgan fingerprint density at radius 2 is 1.50 bits per heavy atom. The number of aryl methyl sites for hydroxylation is 4. The quantitative estimate of drug-likeness (QED) is 0.794. The zero-order chi connectivity index (χ0) is 14.9. The number of hydrogen-bond donors (Lipinski definition) is 1. The molecule has 0 spiro atoms. The molecule has 0 saturated heterocycles. The molecule has 108 valence electrons. The number of hydrogen-bond acceptors (Lipinski definition) is 2. The highest BCUT2D eigenvalue weighted by Gasteiger charge is 2.14. The number of benzene rings is 1. The van der Waals surface area contributed by atoms with Gasteiger partial charge < -0.3 is 5.32 Å². The molecule has 0 bridgehead atoms. The molecule has 0 aliphatic rings. The van der Waals surface area contributed by atoms with Gasteiger partial charge in [-0.05, 0) is 75.9 Å². The Kier molecular flexibility index (Phi) is 4.66. The standard InChI is InChI=1S/C18H25NS/c1-11-9-13(3)17(10-12(11)2)15(5)19-16(6)18-8-7-14(4)20-18/h7-10,15-16,19H,1-6H3. The fourth-order valence-electron chi connectivity index (χ4n) is 2.68. The summed E-state index contributed by atoms with van der Waals surface area (Å²) in [6.07, 6.45) is 0. The molecule has 1 N–H and O–H groups in total. The van der Waals surface area contributed by atoms with Gasteiger partial charge in [-0.2, -0.15) is 0 Å². The summed E-state index contributed by atoms with van der Waals surface area (Å²) in [6.45, 7) is 13.3. The molecule has 1 aromatic heterocycles. The molecule has 1 nitrogen and oxygen atoms in total. The summed E-state index contributed by atoms with van der Waals surface area (Å²) >= 11 is 1.88. The van der Waals surface area contributed by atoms with Crippen LogP contribution in [0.5, 0.6) is 0 Å². The minimum absolute atomic E-state index is 0.367. The lowest BCUT2D eigenvalue weighted by Crippen LogP contribution is -2.22. The maximum atomic E-state index is 3.72. The van der Waals surface area contributed by atoms with Gasteiger partial charge >= 0.3 is 0 Å². The molecule has 0 aliphatic heterocycles. The van der Waals surface area contributed by atoms with E-state index in [1.54, 1.807) is 0 Å². The molecular weight excluding hydrogens is 262 g/mol. The summed E-state index contributed by atoms with van der Waals surface area (Å²) in [5.74, 6) is 0. The van der Waals surface area contributed by atoms with E-state index in [-0.39, 0.29) is 0 Å². The highest BCUT2D eigenvalue weighted by atomic mass is 32.1. The minimum Gasteiger partial charge on any atom is -0.303 e. The van der Waals surface area contributed by atoms with E-state index >= 15 is 0 Å². The molecular formula is C18H25NS. The van der Waals surface area contributed by atoms with Crippen LogP contribution in [0.3, 0.4) is 0 Å². The maximum absolute atomic E-state index is 3.72. The first-order valence-corrected chi connectivity index (χ1v) is 8.10. The number of rotatable bonds is 4. The van der Waals surface area contributed by atoms with Crippen LogP contribution < -0.4 is 5.32 Å². The minimum atomic E-state index is 0.367. The van der Waals surface area contributed by atoms with Crippen molar-refractivity contribution in [3.63, 3.8) is 0 Å². The van der Waals surface area contributed by atoms with Crippen molar-refractivity contribution in [2.24, 2.45) is 0 Å². The zero-order valence-electron chi connectivity index (χ0n) is 13.4. The van der Waals surface area contributed by atoms with Crippen LogP contribution in [-0.2, 0) is 0 Å². The van der Waals surface area contributed by atoms with E-state index < -0.39 is 0 Å². The van der Waals surface area contributed by atoms with Gasteiger partial charge in [-0.25, -0.2) is 0 Å². The van der Waals surface area contributed by atoms with Crippen LogP contribution in [0.1, 0.15) is 57.9 Å². The predicted octanol–water partition coefficient (Wildman–Crippen LogP) is 5.39. The molecule has 1 heterocycles. The third-order valence-corrected chi connectivity index (χ3v) is 5.22. The van der Waals surface area contributed by atoms with Crippen molar-refractivity contribution in [3.8, 4) is 0 Å². The van der Waals surface area contributed by atoms with Gasteiger partial charge in [0.2, 0.25) is 0 Å². The fraction of sp³-hybridized carbons (Fsp3) is 0.444. The first-order valence-electron chi connectivity index (χ1n) is 7.28. The van der Waals surface area contributed by atoms with Gasteiger partial charge in [-0.15, -0.1) is 11.3 Å². The Morgan fingerprint density at radius 3 is 2.10 bits per heavy atom. The topological polar surface area (TPSA) is 12.0 Å². The lowest BCUT2D eigenvalue weighted by atomic mass is 9.96. The number of thiophene rings is 1. The second kappa shape index (κ2) is 6.11. The lowest BCUT2D eigenvalue weighted by Gasteiger charge is -2.22. The summed E-state index contributed by atoms with van der Waals surface area (Å²) < 4.78 is 0. The monoisotopic (exact) mass is 287 g/mol. The molecule has 0 amide bonds. The van der Waals surface area contributed by atoms with Gasteiger partial charge in [-0.3, -0.25) is 0 Å². The largest absolute Gasteiger partial charge is 0.303 e. The van der Waals surface area contributed by atoms with Crippen LogP contribution in [0.2, 0.25) is 0 Å². The van der Waals surface area contributed by atoms with Crippen molar-refractivity contribution in [2.75, 3.05) is 0 Å². The Bertz CT molecular complexity index is 597. The molecule has 1 aromatic carbocycles. The summed E-state index contributed by atoms with van der Waals surface area (Å²) in [7, 11) is 0. The van der Waals surface area contributed by atoms with Crippen LogP contribution >= 0.6 is 11.3 Å². The normalized spacial score (nSPS) is 14.3. The van der Waals surface area contributed by atoms with Crippen molar-refractivity contribution < 1.29 is 0 Å². The van der Waals surface area contributed by atoms with Crippen molar-refractivity contribution in [1.82, 2.24) is 5.32 Å². The summed E-state index contributed by atoms with van der Waals surface area (Å²) in [5, 5.41) is 3.72. The van der Waals surface area contributed by atoms with Gasteiger partial charge in [0, 0.05) is 21.8 Å². The molecule has 2 atom stereocenters. The van der Waals surface area contributed by atoms with Crippen LogP contribution in [-0.4, -0.2) is 0 Å². The van der Waals surface area contributed by atoms with E-state index in [1.807, 2.05) is 11.3 Å². The molecule has 0 radical (unpaired) electrons. The van der Waals surface area contributed by atoms with Crippen LogP contribution in [0, 0.1) is 27.7 Å². The zero-order valence-corrected chi connectivity index (χ0v) is 14.2. The van der Waals surface area contributed by atoms with E-state index in [0.29, 0.717) is 12.1 Å². The molecule has 0 saturated carbocycles. The van der Waals surface area contributed by atoms with E-state index in [0.717, 1.165) is 0 Å². The molecule has 2 rings (SSSR count). The van der Waals surface area contributed by atoms with E-state index in [2.05, 4.69) is 71.1 Å². The Hall–Kier alpha value is -1.12. The Morgan fingerprint density at radius 1 is 0.850 bits per heavy atom. The maximum Gasteiger partial charge on any atom is 0.0391 e. The van der Waals surface area contributed by atoms with Gasteiger partial charge in [0.15, 0.2) is 0 Å². The van der Waals surface area contributed by atoms with Crippen LogP contribution in [0.25, 0.3) is 0 Å². The van der Waals surface area contributed by atoms with Gasteiger partial charge in [0.25, 0.3) is 0 Å². The highest BCUT2D eigenvalue weighted by molar-refractivity contribution is 7.12. The molecule has 2 heteroatoms. The molecule has 2 unspecified atom stereocenters.